The van der Waals surface area contributed by atoms with Crippen molar-refractivity contribution in [1.82, 2.24) is 19.9 Å². The Morgan fingerprint density at radius 1 is 1.18 bits per heavy atom. The van der Waals surface area contributed by atoms with Crippen molar-refractivity contribution in [3.05, 3.63) is 60.1 Å². The van der Waals surface area contributed by atoms with E-state index >= 15 is 0 Å². The molecule has 0 spiro atoms. The van der Waals surface area contributed by atoms with E-state index in [4.69, 9.17) is 14.7 Å². The number of piperidine rings is 1. The lowest BCUT2D eigenvalue weighted by Crippen LogP contribution is -2.45. The van der Waals surface area contributed by atoms with Crippen molar-refractivity contribution in [2.45, 2.75) is 45.1 Å². The van der Waals surface area contributed by atoms with Crippen molar-refractivity contribution < 1.29 is 19.4 Å². The molecule has 3 aromatic rings. The van der Waals surface area contributed by atoms with Gasteiger partial charge in [-0.15, -0.1) is 0 Å². The minimum absolute atomic E-state index is 0.0263. The number of aromatic nitrogens is 3. The van der Waals surface area contributed by atoms with Crippen molar-refractivity contribution in [2.24, 2.45) is 0 Å². The van der Waals surface area contributed by atoms with Gasteiger partial charge in [0.25, 0.3) is 0 Å². The predicted octanol–water partition coefficient (Wildman–Crippen LogP) is 4.71. The van der Waals surface area contributed by atoms with Gasteiger partial charge in [-0.05, 0) is 58.1 Å². The molecule has 0 aliphatic carbocycles. The molecule has 5 rings (SSSR count). The molecule has 1 atom stereocenters. The van der Waals surface area contributed by atoms with E-state index in [1.54, 1.807) is 13.2 Å². The van der Waals surface area contributed by atoms with Gasteiger partial charge in [-0.2, -0.15) is 4.98 Å². The van der Waals surface area contributed by atoms with E-state index in [2.05, 4.69) is 59.9 Å². The first kappa shape index (κ1) is 30.7. The number of anilines is 6. The zero-order valence-corrected chi connectivity index (χ0v) is 26.1. The summed E-state index contributed by atoms with van der Waals surface area (Å²) in [6.07, 6.45) is 4.63. The Morgan fingerprint density at radius 2 is 1.95 bits per heavy atom. The van der Waals surface area contributed by atoms with E-state index in [1.165, 1.54) is 12.3 Å². The second-order valence-corrected chi connectivity index (χ2v) is 12.1. The topological polar surface area (TPSA) is 136 Å². The number of ether oxygens (including phenoxy) is 1. The first-order valence-electron chi connectivity index (χ1n) is 14.6. The molecular weight excluding hydrogens is 560 g/mol. The highest BCUT2D eigenvalue weighted by Crippen LogP contribution is 2.44. The summed E-state index contributed by atoms with van der Waals surface area (Å²) >= 11 is 0. The summed E-state index contributed by atoms with van der Waals surface area (Å²) in [4.78, 5) is 44.9. The van der Waals surface area contributed by atoms with Gasteiger partial charge in [-0.25, -0.2) is 9.78 Å². The van der Waals surface area contributed by atoms with Gasteiger partial charge in [0.1, 0.15) is 11.3 Å². The summed E-state index contributed by atoms with van der Waals surface area (Å²) in [5, 5.41) is 16.2. The van der Waals surface area contributed by atoms with Crippen molar-refractivity contribution >= 4 is 46.4 Å². The van der Waals surface area contributed by atoms with Crippen molar-refractivity contribution in [1.29, 1.82) is 0 Å². The Balaban J connectivity index is 1.55. The molecule has 12 heteroatoms. The van der Waals surface area contributed by atoms with Crippen LogP contribution in [-0.4, -0.2) is 83.7 Å². The van der Waals surface area contributed by atoms with E-state index in [1.807, 2.05) is 30.0 Å². The molecule has 0 radical (unpaired) electrons. The summed E-state index contributed by atoms with van der Waals surface area (Å²) in [6.45, 7) is 11.8. The van der Waals surface area contributed by atoms with Crippen LogP contribution in [0.15, 0.2) is 43.1 Å². The van der Waals surface area contributed by atoms with Crippen molar-refractivity contribution in [3.63, 3.8) is 0 Å². The molecule has 1 amide bonds. The van der Waals surface area contributed by atoms with E-state index in [0.29, 0.717) is 29.7 Å². The molecule has 4 heterocycles. The molecule has 0 bridgehead atoms. The maximum atomic E-state index is 12.5. The van der Waals surface area contributed by atoms with Crippen LogP contribution in [0.4, 0.5) is 34.5 Å². The highest BCUT2D eigenvalue weighted by Gasteiger charge is 2.39. The van der Waals surface area contributed by atoms with Gasteiger partial charge >= 0.3 is 5.97 Å². The smallest absolute Gasteiger partial charge is 0.341 e. The molecular formula is C32H40N8O4. The summed E-state index contributed by atoms with van der Waals surface area (Å²) in [7, 11) is 5.72. The Bertz CT molecular complexity index is 1610. The molecule has 2 aliphatic heterocycles. The standard InChI is InChI=1S/C32H40N8O4/c1-8-27(41)35-22-14-23(26(44-7)15-25(22)39-13-9-10-20(17-39)38(5)6)36-31-33-16-21(30(42)43)29(37-31)40-18-32(3,4)28-24(40)12-11-19(2)34-28/h8,11-12,14-16,20H,1,9-10,13,17-18H2,2-7H3,(H,35,41)(H,42,43)(H,33,36,37)/t20-/m0/s1. The summed E-state index contributed by atoms with van der Waals surface area (Å²) in [6, 6.07) is 7.89. The quantitative estimate of drug-likeness (QED) is 0.295. The zero-order valence-electron chi connectivity index (χ0n) is 26.1. The van der Waals surface area contributed by atoms with E-state index in [0.717, 1.165) is 48.7 Å². The van der Waals surface area contributed by atoms with E-state index in [9.17, 15) is 14.7 Å². The number of likely N-dealkylation sites (N-methyl/N-ethyl adjacent to an activating group) is 1. The number of hydrogen-bond donors (Lipinski definition) is 3. The Labute approximate surface area is 257 Å². The van der Waals surface area contributed by atoms with Crippen LogP contribution in [0.3, 0.4) is 0 Å². The lowest BCUT2D eigenvalue weighted by Gasteiger charge is -2.38. The van der Waals surface area contributed by atoms with Gasteiger partial charge in [0, 0.05) is 49.0 Å². The van der Waals surface area contributed by atoms with Crippen LogP contribution in [-0.2, 0) is 10.2 Å². The lowest BCUT2D eigenvalue weighted by molar-refractivity contribution is -0.111. The summed E-state index contributed by atoms with van der Waals surface area (Å²) < 4.78 is 5.79. The molecule has 1 fully saturated rings. The van der Waals surface area contributed by atoms with Crippen LogP contribution in [0, 0.1) is 6.92 Å². The molecule has 3 N–H and O–H groups in total. The SMILES string of the molecule is C=CC(=O)Nc1cc(Nc2ncc(C(=O)O)c(N3CC(C)(C)c4nc(C)ccc43)n2)c(OC)cc1N1CCC[C@H](N(C)C)C1. The fourth-order valence-corrected chi connectivity index (χ4v) is 5.90. The number of benzene rings is 1. The number of fused-ring (bicyclic) bond motifs is 1. The number of carbonyl (C=O) groups excluding carboxylic acids is 1. The minimum Gasteiger partial charge on any atom is -0.494 e. The van der Waals surface area contributed by atoms with Crippen LogP contribution < -0.4 is 25.2 Å². The molecule has 0 unspecified atom stereocenters. The minimum atomic E-state index is -1.13. The number of aromatic carboxylic acids is 1. The predicted molar refractivity (Wildman–Crippen MR) is 172 cm³/mol. The zero-order chi connectivity index (χ0) is 31.8. The number of carboxylic acids is 1. The van der Waals surface area contributed by atoms with Gasteiger partial charge in [-0.1, -0.05) is 20.4 Å². The Kier molecular flexibility index (Phi) is 8.46. The van der Waals surface area contributed by atoms with Crippen LogP contribution in [0.1, 0.15) is 48.4 Å². The third-order valence-electron chi connectivity index (χ3n) is 8.23. The Hall–Kier alpha value is -4.71. The van der Waals surface area contributed by atoms with Crippen molar-refractivity contribution in [3.8, 4) is 5.75 Å². The average Bonchev–Trinajstić information content (AvgIpc) is 3.26. The van der Waals surface area contributed by atoms with Crippen LogP contribution >= 0.6 is 0 Å². The van der Waals surface area contributed by atoms with Gasteiger partial charge in [0.2, 0.25) is 11.9 Å². The number of carbonyl (C=O) groups is 2. The van der Waals surface area contributed by atoms with Crippen molar-refractivity contribution in [2.75, 3.05) is 61.3 Å². The molecule has 232 valence electrons. The van der Waals surface area contributed by atoms with Crippen LogP contribution in [0.5, 0.6) is 5.75 Å². The number of amides is 1. The largest absolute Gasteiger partial charge is 0.494 e. The number of methoxy groups -OCH3 is 1. The highest BCUT2D eigenvalue weighted by atomic mass is 16.5. The van der Waals surface area contributed by atoms with Gasteiger partial charge in [0.15, 0.2) is 5.82 Å². The number of nitrogens with zero attached hydrogens (tertiary/aromatic N) is 6. The maximum Gasteiger partial charge on any atom is 0.341 e. The second kappa shape index (κ2) is 12.1. The number of hydrogen-bond acceptors (Lipinski definition) is 10. The molecule has 2 aliphatic rings. The molecule has 12 nitrogen and oxygen atoms in total. The fourth-order valence-electron chi connectivity index (χ4n) is 5.90. The molecule has 1 aromatic carbocycles. The Morgan fingerprint density at radius 3 is 2.64 bits per heavy atom. The summed E-state index contributed by atoms with van der Waals surface area (Å²) in [5.74, 6) is -0.525. The number of rotatable bonds is 9. The highest BCUT2D eigenvalue weighted by molar-refractivity contribution is 6.02. The van der Waals surface area contributed by atoms with Crippen LogP contribution in [0.2, 0.25) is 0 Å². The fraction of sp³-hybridized carbons (Fsp3) is 0.406. The normalized spacial score (nSPS) is 17.3. The third-order valence-corrected chi connectivity index (χ3v) is 8.23. The van der Waals surface area contributed by atoms with Gasteiger partial charge < -0.3 is 35.2 Å². The first-order chi connectivity index (χ1) is 20.9. The number of carboxylic acid groups (broad SMARTS) is 1. The van der Waals surface area contributed by atoms with Gasteiger partial charge in [-0.3, -0.25) is 9.78 Å². The van der Waals surface area contributed by atoms with Gasteiger partial charge in [0.05, 0.1) is 35.6 Å². The molecule has 1 saturated heterocycles. The first-order valence-corrected chi connectivity index (χ1v) is 14.6. The number of aryl methyl sites for hydroxylation is 1. The monoisotopic (exact) mass is 600 g/mol. The average molecular weight is 601 g/mol. The molecule has 0 saturated carbocycles. The number of pyridine rings is 1. The third kappa shape index (κ3) is 6.02. The van der Waals surface area contributed by atoms with E-state index in [-0.39, 0.29) is 28.7 Å². The molecule has 2 aromatic heterocycles. The number of nitrogens with one attached hydrogen (secondary N) is 2. The second-order valence-electron chi connectivity index (χ2n) is 12.1. The summed E-state index contributed by atoms with van der Waals surface area (Å²) in [5.41, 5.74) is 4.14. The lowest BCUT2D eigenvalue weighted by atomic mass is 9.91. The van der Waals surface area contributed by atoms with E-state index < -0.39 is 5.97 Å². The van der Waals surface area contributed by atoms with Crippen LogP contribution in [0.25, 0.3) is 0 Å². The molecule has 44 heavy (non-hydrogen) atoms. The maximum absolute atomic E-state index is 12.5.